The summed E-state index contributed by atoms with van der Waals surface area (Å²) in [5, 5.41) is 11.4. The Morgan fingerprint density at radius 2 is 1.31 bits per heavy atom. The van der Waals surface area contributed by atoms with Crippen LogP contribution in [0.5, 0.6) is 5.75 Å². The maximum atomic E-state index is 14.6. The predicted octanol–water partition coefficient (Wildman–Crippen LogP) is 8.49. The number of carbonyl (C=O) groups excluding carboxylic acids is 4. The Labute approximate surface area is 310 Å². The first-order valence-corrected chi connectivity index (χ1v) is 17.1. The second kappa shape index (κ2) is 11.8. The molecule has 3 fully saturated rings. The van der Waals surface area contributed by atoms with E-state index in [4.69, 9.17) is 23.2 Å². The number of fused-ring (bicyclic) bond motifs is 5. The molecule has 2 heterocycles. The molecule has 0 radical (unpaired) electrons. The Bertz CT molecular complexity index is 2330. The van der Waals surface area contributed by atoms with Crippen LogP contribution >= 0.6 is 23.2 Å². The van der Waals surface area contributed by atoms with Gasteiger partial charge >= 0.3 is 12.4 Å². The Hall–Kier alpha value is -4.95. The summed E-state index contributed by atoms with van der Waals surface area (Å²) in [7, 11) is 0. The molecular formula is C38H23Cl2F7N2O5. The van der Waals surface area contributed by atoms with E-state index in [0.29, 0.717) is 26.1 Å². The van der Waals surface area contributed by atoms with Gasteiger partial charge in [-0.2, -0.15) is 26.3 Å². The first-order valence-electron chi connectivity index (χ1n) is 16.4. The molecule has 16 heteroatoms. The van der Waals surface area contributed by atoms with Gasteiger partial charge in [0.25, 0.3) is 11.8 Å². The van der Waals surface area contributed by atoms with E-state index in [1.807, 2.05) is 0 Å². The molecule has 4 amide bonds. The molecule has 0 unspecified atom stereocenters. The zero-order valence-electron chi connectivity index (χ0n) is 27.2. The molecule has 278 valence electrons. The van der Waals surface area contributed by atoms with Gasteiger partial charge in [0, 0.05) is 11.3 Å². The summed E-state index contributed by atoms with van der Waals surface area (Å²) < 4.78 is 96.9. The van der Waals surface area contributed by atoms with Gasteiger partial charge in [-0.25, -0.2) is 14.2 Å². The number of benzene rings is 4. The number of allylic oxidation sites excluding steroid dienone is 2. The first kappa shape index (κ1) is 36.0. The van der Waals surface area contributed by atoms with E-state index in [1.54, 1.807) is 30.3 Å². The lowest BCUT2D eigenvalue weighted by molar-refractivity contribution is -0.143. The summed E-state index contributed by atoms with van der Waals surface area (Å²) >= 11 is 14.7. The number of aromatic hydroxyl groups is 1. The molecule has 2 saturated heterocycles. The lowest BCUT2D eigenvalue weighted by Gasteiger charge is -2.51. The Balaban J connectivity index is 1.31. The fourth-order valence-electron chi connectivity index (χ4n) is 8.62. The minimum Gasteiger partial charge on any atom is -0.507 e. The lowest BCUT2D eigenvalue weighted by atomic mass is 9.56. The van der Waals surface area contributed by atoms with Gasteiger partial charge in [-0.15, -0.1) is 23.2 Å². The molecule has 0 spiro atoms. The first-order chi connectivity index (χ1) is 25.3. The summed E-state index contributed by atoms with van der Waals surface area (Å²) in [5.74, 6) is -10.3. The molecule has 1 N–H and O–H groups in total. The number of amides is 4. The zero-order chi connectivity index (χ0) is 38.9. The van der Waals surface area contributed by atoms with Crippen LogP contribution in [0.3, 0.4) is 0 Å². The number of carbonyl (C=O) groups is 4. The smallest absolute Gasteiger partial charge is 0.416 e. The molecule has 0 bridgehead atoms. The largest absolute Gasteiger partial charge is 0.507 e. The molecule has 4 aromatic rings. The number of hydrogen-bond donors (Lipinski definition) is 1. The van der Waals surface area contributed by atoms with Crippen LogP contribution in [-0.4, -0.2) is 38.5 Å². The van der Waals surface area contributed by atoms with E-state index in [-0.39, 0.29) is 41.6 Å². The Morgan fingerprint density at radius 1 is 0.704 bits per heavy atom. The topological polar surface area (TPSA) is 95.0 Å². The van der Waals surface area contributed by atoms with Crippen molar-refractivity contribution in [1.82, 2.24) is 0 Å². The number of nitrogens with zero attached hydrogens (tertiary/aromatic N) is 2. The number of halogens is 9. The average Bonchev–Trinajstić information content (AvgIpc) is 3.46. The molecular weight excluding hydrogens is 768 g/mol. The molecule has 54 heavy (non-hydrogen) atoms. The standard InChI is InChI=1S/C38H23Cl2F7N2O5/c39-35-16-27-25(9-10-26-29(27)32(52)48(31(26)51)21-14-17(37(42,43)44)13-18(15-21)38(45,46)47)30(24-11-12-28(50)23-4-2-1-3-22(23)24)36(35,40)34(54)49(33(35)53)20-7-5-19(41)6-8-20/h1-9,11-15,26-27,29-30,50H,10,16H2/t26-,27+,29-,30-,35+,36-/m0/s1. The summed E-state index contributed by atoms with van der Waals surface area (Å²) in [4.78, 5) is 53.7. The van der Waals surface area contributed by atoms with E-state index in [2.05, 4.69) is 0 Å². The Morgan fingerprint density at radius 3 is 1.93 bits per heavy atom. The molecule has 2 aliphatic heterocycles. The van der Waals surface area contributed by atoms with Crippen molar-refractivity contribution in [2.24, 2.45) is 17.8 Å². The van der Waals surface area contributed by atoms with Gasteiger partial charge in [0.1, 0.15) is 11.6 Å². The molecule has 6 atom stereocenters. The van der Waals surface area contributed by atoms with Crippen LogP contribution in [-0.2, 0) is 31.5 Å². The number of alkyl halides is 8. The van der Waals surface area contributed by atoms with E-state index >= 15 is 0 Å². The summed E-state index contributed by atoms with van der Waals surface area (Å²) in [6.07, 6.45) is -9.79. The number of phenols is 1. The average molecular weight is 792 g/mol. The monoisotopic (exact) mass is 790 g/mol. The normalized spacial score (nSPS) is 28.4. The fraction of sp³-hybridized carbons (Fsp3) is 0.263. The minimum absolute atomic E-state index is 0.0756. The third kappa shape index (κ3) is 4.94. The highest BCUT2D eigenvalue weighted by Crippen LogP contribution is 2.66. The van der Waals surface area contributed by atoms with Crippen LogP contribution in [0, 0.1) is 23.6 Å². The maximum absolute atomic E-state index is 14.6. The van der Waals surface area contributed by atoms with Gasteiger partial charge in [-0.3, -0.25) is 19.2 Å². The quantitative estimate of drug-likeness (QED) is 0.0973. The minimum atomic E-state index is -5.27. The van der Waals surface area contributed by atoms with E-state index < -0.39 is 98.5 Å². The second-order valence-corrected chi connectivity index (χ2v) is 15.0. The van der Waals surface area contributed by atoms with Crippen molar-refractivity contribution >= 4 is 69.0 Å². The maximum Gasteiger partial charge on any atom is 0.416 e. The van der Waals surface area contributed by atoms with Gasteiger partial charge in [0.15, 0.2) is 9.75 Å². The lowest BCUT2D eigenvalue weighted by Crippen LogP contribution is -2.60. The highest BCUT2D eigenvalue weighted by Gasteiger charge is 2.76. The van der Waals surface area contributed by atoms with Crippen LogP contribution in [0.1, 0.15) is 35.4 Å². The number of hydrogen-bond acceptors (Lipinski definition) is 5. The van der Waals surface area contributed by atoms with E-state index in [9.17, 15) is 55.0 Å². The third-order valence-electron chi connectivity index (χ3n) is 11.0. The molecule has 1 saturated carbocycles. The van der Waals surface area contributed by atoms with Gasteiger partial charge in [0.2, 0.25) is 11.8 Å². The predicted molar refractivity (Wildman–Crippen MR) is 181 cm³/mol. The van der Waals surface area contributed by atoms with Crippen molar-refractivity contribution in [3.63, 3.8) is 0 Å². The number of anilines is 2. The Kier molecular flexibility index (Phi) is 7.86. The van der Waals surface area contributed by atoms with Gasteiger partial charge in [0.05, 0.1) is 34.3 Å². The van der Waals surface area contributed by atoms with Crippen LogP contribution < -0.4 is 9.80 Å². The van der Waals surface area contributed by atoms with E-state index in [1.165, 1.54) is 12.1 Å². The molecule has 4 aromatic carbocycles. The number of rotatable bonds is 3. The van der Waals surface area contributed by atoms with Crippen LogP contribution in [0.4, 0.5) is 42.1 Å². The van der Waals surface area contributed by atoms with Gasteiger partial charge in [-0.1, -0.05) is 42.0 Å². The molecule has 0 aromatic heterocycles. The third-order valence-corrected chi connectivity index (χ3v) is 12.4. The van der Waals surface area contributed by atoms with Crippen LogP contribution in [0.15, 0.2) is 90.5 Å². The SMILES string of the molecule is O=C1[C@H]2[C@H](CC=C3[C@H]2C[C@@]2(Cl)C(=O)N(c4ccc(F)cc4)C(=O)[C@@]2(Cl)[C@H]3c2ccc(O)c3ccccc23)C(=O)N1c1cc(C(F)(F)F)cc(C(F)(F)F)c1. The number of imide groups is 2. The van der Waals surface area contributed by atoms with Crippen molar-refractivity contribution in [2.45, 2.75) is 40.9 Å². The second-order valence-electron chi connectivity index (χ2n) is 13.7. The number of phenolic OH excluding ortho intramolecular Hbond substituents is 1. The summed E-state index contributed by atoms with van der Waals surface area (Å²) in [6.45, 7) is 0. The molecule has 7 nitrogen and oxygen atoms in total. The van der Waals surface area contributed by atoms with Crippen molar-refractivity contribution in [1.29, 1.82) is 0 Å². The summed E-state index contributed by atoms with van der Waals surface area (Å²) in [6, 6.07) is 14.1. The zero-order valence-corrected chi connectivity index (χ0v) is 28.7. The van der Waals surface area contributed by atoms with Crippen LogP contribution in [0.25, 0.3) is 10.8 Å². The summed E-state index contributed by atoms with van der Waals surface area (Å²) in [5.41, 5.74) is -3.91. The van der Waals surface area contributed by atoms with Gasteiger partial charge < -0.3 is 5.11 Å². The van der Waals surface area contributed by atoms with Crippen molar-refractivity contribution < 1.29 is 55.0 Å². The van der Waals surface area contributed by atoms with Crippen molar-refractivity contribution in [3.8, 4) is 5.75 Å². The van der Waals surface area contributed by atoms with Crippen LogP contribution in [0.2, 0.25) is 0 Å². The highest BCUT2D eigenvalue weighted by atomic mass is 35.5. The fourth-order valence-corrected chi connectivity index (χ4v) is 9.55. The van der Waals surface area contributed by atoms with Crippen molar-refractivity contribution in [3.05, 3.63) is 113 Å². The van der Waals surface area contributed by atoms with Crippen molar-refractivity contribution in [2.75, 3.05) is 9.80 Å². The van der Waals surface area contributed by atoms with Gasteiger partial charge in [-0.05, 0) is 78.2 Å². The highest BCUT2D eigenvalue weighted by molar-refractivity contribution is 6.58. The molecule has 4 aliphatic rings. The van der Waals surface area contributed by atoms with E-state index in [0.717, 1.165) is 24.3 Å². The molecule has 2 aliphatic carbocycles. The molecule has 8 rings (SSSR count).